The molecule has 0 aromatic carbocycles. The number of hydrogen-bond donors (Lipinski definition) is 2. The summed E-state index contributed by atoms with van der Waals surface area (Å²) in [6.45, 7) is 4.80. The van der Waals surface area contributed by atoms with Crippen LogP contribution in [0.15, 0.2) is 0 Å². The molecule has 0 radical (unpaired) electrons. The number of ether oxygens (including phenoxy) is 4. The van der Waals surface area contributed by atoms with Gasteiger partial charge in [0.1, 0.15) is 45.6 Å². The van der Waals surface area contributed by atoms with Gasteiger partial charge in [0.15, 0.2) is 0 Å². The number of rotatable bonds is 16. The van der Waals surface area contributed by atoms with Crippen LogP contribution in [0.1, 0.15) is 40.5 Å². The molecule has 0 aliphatic rings. The molecule has 0 aliphatic heterocycles. The Hall–Kier alpha value is -0.400. The van der Waals surface area contributed by atoms with Gasteiger partial charge in [-0.05, 0) is 27.7 Å². The number of esters is 4. The Morgan fingerprint density at radius 1 is 0.614 bits per heavy atom. The van der Waals surface area contributed by atoms with Gasteiger partial charge in [-0.1, -0.05) is 31.9 Å². The maximum Gasteiger partial charge on any atom is 1.00 e. The summed E-state index contributed by atoms with van der Waals surface area (Å²) in [6.07, 6.45) is -2.22. The molecule has 0 saturated carbocycles. The van der Waals surface area contributed by atoms with Crippen LogP contribution in [0.2, 0.25) is 0 Å². The van der Waals surface area contributed by atoms with Crippen LogP contribution < -0.4 is 69.3 Å². The van der Waals surface area contributed by atoms with Crippen LogP contribution in [-0.2, 0) is 68.0 Å². The van der Waals surface area contributed by atoms with Crippen molar-refractivity contribution >= 4 is 87.9 Å². The SMILES string of the molecule is CC(C)(Br)C(=O)OCCOC(=O)CC(C(=O)[O-])S(=O)(=O)O.CC(C)(Br)C(=O)OCCOC(=O)CC(C(=O)[O-])S(=O)(=O)O.[Na+].[Na+]. The summed E-state index contributed by atoms with van der Waals surface area (Å²) < 4.78 is 76.5. The maximum atomic E-state index is 11.3. The van der Waals surface area contributed by atoms with E-state index in [0.29, 0.717) is 0 Å². The minimum Gasteiger partial charge on any atom is -0.549 e. The maximum absolute atomic E-state index is 11.3. The predicted molar refractivity (Wildman–Crippen MR) is 140 cm³/mol. The minimum atomic E-state index is -4.98. The van der Waals surface area contributed by atoms with Gasteiger partial charge in [-0.2, -0.15) is 16.8 Å². The van der Waals surface area contributed by atoms with Gasteiger partial charge in [0, 0.05) is 0 Å². The van der Waals surface area contributed by atoms with Gasteiger partial charge >= 0.3 is 83.0 Å². The van der Waals surface area contributed by atoms with Crippen molar-refractivity contribution < 1.29 is 143 Å². The molecule has 0 aromatic rings. The molecule has 2 N–H and O–H groups in total. The zero-order valence-corrected chi connectivity index (χ0v) is 33.2. The second-order valence-corrected chi connectivity index (χ2v) is 15.9. The fraction of sp³-hybridized carbons (Fsp3) is 0.700. The van der Waals surface area contributed by atoms with E-state index < -0.39 is 88.0 Å². The molecule has 0 aromatic heterocycles. The van der Waals surface area contributed by atoms with Crippen LogP contribution in [0.5, 0.6) is 0 Å². The zero-order valence-electron chi connectivity index (χ0n) is 24.4. The Labute approximate surface area is 314 Å². The molecule has 244 valence electrons. The third-order valence-corrected chi connectivity index (χ3v) is 6.88. The predicted octanol–water partition coefficient (Wildman–Crippen LogP) is -8.71. The van der Waals surface area contributed by atoms with Crippen LogP contribution in [0, 0.1) is 0 Å². The van der Waals surface area contributed by atoms with Gasteiger partial charge in [0.05, 0.1) is 24.8 Å². The van der Waals surface area contributed by atoms with E-state index in [2.05, 4.69) is 41.3 Å². The average molecular weight is 826 g/mol. The van der Waals surface area contributed by atoms with E-state index >= 15 is 0 Å². The molecular formula is C20H28Br2Na2O18S2. The molecule has 0 bridgehead atoms. The molecule has 0 spiro atoms. The summed E-state index contributed by atoms with van der Waals surface area (Å²) in [7, 11) is -9.95. The average Bonchev–Trinajstić information content (AvgIpc) is 2.78. The minimum absolute atomic E-state index is 0. The largest absolute Gasteiger partial charge is 1.00 e. The van der Waals surface area contributed by atoms with Crippen LogP contribution in [0.25, 0.3) is 0 Å². The number of carboxylic acid groups (broad SMARTS) is 2. The van der Waals surface area contributed by atoms with Crippen LogP contribution in [0.4, 0.5) is 0 Å². The van der Waals surface area contributed by atoms with Crippen LogP contribution in [0.3, 0.4) is 0 Å². The molecule has 0 aliphatic carbocycles. The van der Waals surface area contributed by atoms with Gasteiger partial charge in [0.25, 0.3) is 20.2 Å². The Balaban J connectivity index is -0.000000348. The van der Waals surface area contributed by atoms with Gasteiger partial charge in [-0.25, -0.2) is 0 Å². The Bertz CT molecular complexity index is 1120. The first-order valence-corrected chi connectivity index (χ1v) is 15.7. The summed E-state index contributed by atoms with van der Waals surface area (Å²) in [5, 5.41) is 16.1. The monoisotopic (exact) mass is 824 g/mol. The molecule has 18 nitrogen and oxygen atoms in total. The van der Waals surface area contributed by atoms with Gasteiger partial charge in [-0.3, -0.25) is 28.3 Å². The van der Waals surface area contributed by atoms with Crippen molar-refractivity contribution in [3.63, 3.8) is 0 Å². The molecule has 0 heterocycles. The summed E-state index contributed by atoms with van der Waals surface area (Å²) in [4.78, 5) is 66.0. The van der Waals surface area contributed by atoms with Crippen molar-refractivity contribution in [1.29, 1.82) is 0 Å². The number of aliphatic carboxylic acids is 2. The summed E-state index contributed by atoms with van der Waals surface area (Å²) in [5.74, 6) is -7.86. The molecule has 0 amide bonds. The van der Waals surface area contributed by atoms with E-state index in [1.165, 1.54) is 27.7 Å². The van der Waals surface area contributed by atoms with E-state index in [9.17, 15) is 55.8 Å². The van der Waals surface area contributed by atoms with Gasteiger partial charge < -0.3 is 38.7 Å². The fourth-order valence-electron chi connectivity index (χ4n) is 1.96. The molecular weight excluding hydrogens is 798 g/mol. The Kier molecular flexibility index (Phi) is 25.5. The Morgan fingerprint density at radius 3 is 1.02 bits per heavy atom. The van der Waals surface area contributed by atoms with Crippen molar-refractivity contribution in [2.75, 3.05) is 26.4 Å². The normalized spacial score (nSPS) is 12.7. The number of alkyl halides is 2. The first-order valence-electron chi connectivity index (χ1n) is 11.1. The third-order valence-electron chi connectivity index (χ3n) is 4.08. The van der Waals surface area contributed by atoms with Crippen molar-refractivity contribution in [1.82, 2.24) is 0 Å². The van der Waals surface area contributed by atoms with Crippen molar-refractivity contribution in [2.45, 2.75) is 59.7 Å². The number of carboxylic acids is 2. The summed E-state index contributed by atoms with van der Waals surface area (Å²) in [5.41, 5.74) is 0. The fourth-order valence-corrected chi connectivity index (χ4v) is 3.37. The topological polar surface area (TPSA) is 294 Å². The number of hydrogen-bond acceptors (Lipinski definition) is 16. The van der Waals surface area contributed by atoms with E-state index in [0.717, 1.165) is 0 Å². The second-order valence-electron chi connectivity index (χ2n) is 8.71. The van der Waals surface area contributed by atoms with Crippen molar-refractivity contribution in [2.24, 2.45) is 0 Å². The third kappa shape index (κ3) is 23.9. The van der Waals surface area contributed by atoms with Crippen molar-refractivity contribution in [3.05, 3.63) is 0 Å². The van der Waals surface area contributed by atoms with E-state index in [4.69, 9.17) is 18.6 Å². The molecule has 0 fully saturated rings. The number of carbonyl (C=O) groups excluding carboxylic acids is 6. The molecule has 0 rings (SSSR count). The zero-order chi connectivity index (χ0) is 33.7. The van der Waals surface area contributed by atoms with Gasteiger partial charge in [0.2, 0.25) is 0 Å². The van der Waals surface area contributed by atoms with E-state index in [-0.39, 0.29) is 85.5 Å². The summed E-state index contributed by atoms with van der Waals surface area (Å²) >= 11 is 6.09. The molecule has 2 atom stereocenters. The van der Waals surface area contributed by atoms with E-state index in [1.807, 2.05) is 0 Å². The Morgan fingerprint density at radius 2 is 0.841 bits per heavy atom. The standard InChI is InChI=1S/2C10H15BrO9S.2Na/c2*1-10(2,11)9(15)20-4-3-19-7(12)5-6(8(13)14)21(16,17)18;;/h2*6H,3-5H2,1-2H3,(H,13,14)(H,16,17,18);;/q;;2*+1/p-2. The van der Waals surface area contributed by atoms with Crippen molar-refractivity contribution in [3.8, 4) is 0 Å². The van der Waals surface area contributed by atoms with E-state index in [1.54, 1.807) is 0 Å². The molecule has 2 unspecified atom stereocenters. The molecule has 44 heavy (non-hydrogen) atoms. The van der Waals surface area contributed by atoms with Crippen LogP contribution >= 0.6 is 31.9 Å². The smallest absolute Gasteiger partial charge is 0.549 e. The molecule has 24 heteroatoms. The number of halogens is 2. The second kappa shape index (κ2) is 22.2. The first kappa shape index (κ1) is 50.5. The quantitative estimate of drug-likeness (QED) is 0.0365. The van der Waals surface area contributed by atoms with Gasteiger partial charge in [-0.15, -0.1) is 0 Å². The first-order chi connectivity index (χ1) is 18.7. The number of carbonyl (C=O) groups is 6. The summed E-state index contributed by atoms with van der Waals surface area (Å²) in [6, 6.07) is 0. The van der Waals surface area contributed by atoms with Crippen LogP contribution in [-0.4, -0.2) is 107 Å². The molecule has 0 saturated heterocycles.